The third kappa shape index (κ3) is 5.32. The van der Waals surface area contributed by atoms with Crippen molar-refractivity contribution >= 4 is 5.78 Å². The van der Waals surface area contributed by atoms with E-state index in [2.05, 4.69) is 12.1 Å². The Balaban J connectivity index is 1.69. The molecule has 0 spiro atoms. The van der Waals surface area contributed by atoms with Crippen molar-refractivity contribution in [1.29, 1.82) is 0 Å². The highest BCUT2D eigenvalue weighted by molar-refractivity contribution is 5.84. The number of carbonyl (C=O) groups excluding carboxylic acids is 1. The van der Waals surface area contributed by atoms with Crippen LogP contribution in [-0.2, 0) is 17.6 Å². The molecule has 1 unspecified atom stereocenters. The van der Waals surface area contributed by atoms with E-state index in [4.69, 9.17) is 4.74 Å². The Hall–Kier alpha value is -2.87. The Morgan fingerprint density at radius 3 is 1.84 bits per heavy atom. The molecule has 0 aliphatic heterocycles. The average Bonchev–Trinajstić information content (AvgIpc) is 2.68. The maximum atomic E-state index is 12.8. The van der Waals surface area contributed by atoms with Gasteiger partial charge in [-0.25, -0.2) is 0 Å². The van der Waals surface area contributed by atoms with Crippen molar-refractivity contribution < 1.29 is 9.53 Å². The van der Waals surface area contributed by atoms with Crippen LogP contribution < -0.4 is 4.74 Å². The largest absolute Gasteiger partial charge is 0.482 e. The summed E-state index contributed by atoms with van der Waals surface area (Å²) < 4.78 is 6.02. The van der Waals surface area contributed by atoms with Crippen molar-refractivity contribution in [2.24, 2.45) is 0 Å². The predicted octanol–water partition coefficient (Wildman–Crippen LogP) is 4.88. The van der Waals surface area contributed by atoms with Crippen LogP contribution >= 0.6 is 0 Å². The van der Waals surface area contributed by atoms with Gasteiger partial charge in [-0.2, -0.15) is 0 Å². The van der Waals surface area contributed by atoms with Gasteiger partial charge in [-0.05, 0) is 29.7 Å². The molecule has 3 rings (SSSR count). The standard InChI is InChI=1S/C23H22O2/c24-22(17-16-19-10-4-1-5-11-19)23(18-20-12-6-2-7-13-20)25-21-14-8-3-9-15-21/h1-15,23H,16-18H2. The van der Waals surface area contributed by atoms with Crippen molar-refractivity contribution in [1.82, 2.24) is 0 Å². The van der Waals surface area contributed by atoms with Crippen LogP contribution in [0.15, 0.2) is 91.0 Å². The van der Waals surface area contributed by atoms with Gasteiger partial charge in [0.05, 0.1) is 0 Å². The summed E-state index contributed by atoms with van der Waals surface area (Å²) in [7, 11) is 0. The fraction of sp³-hybridized carbons (Fsp3) is 0.174. The van der Waals surface area contributed by atoms with Crippen LogP contribution in [0.2, 0.25) is 0 Å². The van der Waals surface area contributed by atoms with Gasteiger partial charge in [0, 0.05) is 12.8 Å². The van der Waals surface area contributed by atoms with Crippen molar-refractivity contribution in [2.45, 2.75) is 25.4 Å². The maximum absolute atomic E-state index is 12.8. The second-order valence-electron chi connectivity index (χ2n) is 6.06. The van der Waals surface area contributed by atoms with Gasteiger partial charge >= 0.3 is 0 Å². The van der Waals surface area contributed by atoms with Crippen LogP contribution in [0.4, 0.5) is 0 Å². The van der Waals surface area contributed by atoms with Crippen molar-refractivity contribution in [3.63, 3.8) is 0 Å². The summed E-state index contributed by atoms with van der Waals surface area (Å²) in [5.74, 6) is 0.869. The summed E-state index contributed by atoms with van der Waals surface area (Å²) in [6, 6.07) is 29.7. The smallest absolute Gasteiger partial charge is 0.173 e. The molecular weight excluding hydrogens is 308 g/mol. The van der Waals surface area contributed by atoms with Crippen LogP contribution in [0.25, 0.3) is 0 Å². The van der Waals surface area contributed by atoms with Gasteiger partial charge in [-0.15, -0.1) is 0 Å². The third-order valence-electron chi connectivity index (χ3n) is 4.15. The first-order valence-corrected chi connectivity index (χ1v) is 8.63. The molecule has 2 heteroatoms. The maximum Gasteiger partial charge on any atom is 0.173 e. The van der Waals surface area contributed by atoms with Crippen LogP contribution in [-0.4, -0.2) is 11.9 Å². The van der Waals surface area contributed by atoms with Crippen molar-refractivity contribution in [2.75, 3.05) is 0 Å². The minimum atomic E-state index is -0.464. The lowest BCUT2D eigenvalue weighted by Crippen LogP contribution is -2.30. The Kier molecular flexibility index (Phi) is 6.00. The summed E-state index contributed by atoms with van der Waals surface area (Å²) in [6.07, 6.45) is 1.34. The number of hydrogen-bond donors (Lipinski definition) is 0. The zero-order valence-electron chi connectivity index (χ0n) is 14.2. The molecule has 0 radical (unpaired) electrons. The van der Waals surface area contributed by atoms with Gasteiger partial charge in [-0.3, -0.25) is 4.79 Å². The molecule has 25 heavy (non-hydrogen) atoms. The first-order valence-electron chi connectivity index (χ1n) is 8.63. The monoisotopic (exact) mass is 330 g/mol. The Morgan fingerprint density at radius 2 is 1.24 bits per heavy atom. The molecule has 0 aromatic heterocycles. The molecule has 1 atom stereocenters. The highest BCUT2D eigenvalue weighted by Gasteiger charge is 2.20. The SMILES string of the molecule is O=C(CCc1ccccc1)C(Cc1ccccc1)Oc1ccccc1. The molecule has 2 nitrogen and oxygen atoms in total. The van der Waals surface area contributed by atoms with E-state index in [0.717, 1.165) is 17.7 Å². The van der Waals surface area contributed by atoms with E-state index in [1.807, 2.05) is 78.9 Å². The molecular formula is C23H22O2. The summed E-state index contributed by atoms with van der Waals surface area (Å²) in [5, 5.41) is 0. The lowest BCUT2D eigenvalue weighted by atomic mass is 10.00. The predicted molar refractivity (Wildman–Crippen MR) is 101 cm³/mol. The summed E-state index contributed by atoms with van der Waals surface area (Å²) >= 11 is 0. The van der Waals surface area contributed by atoms with Gasteiger partial charge in [0.15, 0.2) is 11.9 Å². The molecule has 0 heterocycles. The van der Waals surface area contributed by atoms with E-state index in [9.17, 15) is 4.79 Å². The van der Waals surface area contributed by atoms with Gasteiger partial charge in [-0.1, -0.05) is 78.9 Å². The second kappa shape index (κ2) is 8.84. The third-order valence-corrected chi connectivity index (χ3v) is 4.15. The number of para-hydroxylation sites is 1. The van der Waals surface area contributed by atoms with Gasteiger partial charge in [0.2, 0.25) is 0 Å². The quantitative estimate of drug-likeness (QED) is 0.588. The summed E-state index contributed by atoms with van der Waals surface area (Å²) in [5.41, 5.74) is 2.28. The molecule has 0 saturated heterocycles. The molecule has 0 N–H and O–H groups in total. The zero-order valence-corrected chi connectivity index (χ0v) is 14.2. The lowest BCUT2D eigenvalue weighted by molar-refractivity contribution is -0.125. The number of aryl methyl sites for hydroxylation is 1. The Labute approximate surface area is 149 Å². The number of rotatable bonds is 8. The minimum Gasteiger partial charge on any atom is -0.482 e. The number of ketones is 1. The topological polar surface area (TPSA) is 26.3 Å². The fourth-order valence-electron chi connectivity index (χ4n) is 2.79. The Bertz CT molecular complexity index is 725. The number of ether oxygens (including phenoxy) is 1. The van der Waals surface area contributed by atoms with Crippen LogP contribution in [0.1, 0.15) is 17.5 Å². The number of benzene rings is 3. The molecule has 0 aliphatic rings. The summed E-state index contributed by atoms with van der Waals surface area (Å²) in [4.78, 5) is 12.8. The van der Waals surface area contributed by atoms with E-state index < -0.39 is 6.10 Å². The van der Waals surface area contributed by atoms with Gasteiger partial charge < -0.3 is 4.74 Å². The van der Waals surface area contributed by atoms with Crippen molar-refractivity contribution in [3.05, 3.63) is 102 Å². The van der Waals surface area contributed by atoms with E-state index in [-0.39, 0.29) is 5.78 Å². The molecule has 0 fully saturated rings. The number of Topliss-reactive ketones (excluding diaryl/α,β-unsaturated/α-hetero) is 1. The van der Waals surface area contributed by atoms with Gasteiger partial charge in [0.1, 0.15) is 5.75 Å². The normalized spacial score (nSPS) is 11.7. The lowest BCUT2D eigenvalue weighted by Gasteiger charge is -2.18. The summed E-state index contributed by atoms with van der Waals surface area (Å²) in [6.45, 7) is 0. The van der Waals surface area contributed by atoms with Crippen molar-refractivity contribution in [3.8, 4) is 5.75 Å². The van der Waals surface area contributed by atoms with E-state index >= 15 is 0 Å². The van der Waals surface area contributed by atoms with Crippen LogP contribution in [0.5, 0.6) is 5.75 Å². The highest BCUT2D eigenvalue weighted by atomic mass is 16.5. The Morgan fingerprint density at radius 1 is 0.720 bits per heavy atom. The van der Waals surface area contributed by atoms with Crippen LogP contribution in [0.3, 0.4) is 0 Å². The molecule has 0 amide bonds. The molecule has 0 bridgehead atoms. The molecule has 0 saturated carbocycles. The molecule has 3 aromatic rings. The minimum absolute atomic E-state index is 0.136. The molecule has 0 aliphatic carbocycles. The van der Waals surface area contributed by atoms with E-state index in [1.165, 1.54) is 5.56 Å². The first kappa shape index (κ1) is 17.0. The zero-order chi connectivity index (χ0) is 17.3. The highest BCUT2D eigenvalue weighted by Crippen LogP contribution is 2.16. The second-order valence-corrected chi connectivity index (χ2v) is 6.06. The van der Waals surface area contributed by atoms with Gasteiger partial charge in [0.25, 0.3) is 0 Å². The molecule has 126 valence electrons. The first-order chi connectivity index (χ1) is 12.3. The average molecular weight is 330 g/mol. The number of carbonyl (C=O) groups is 1. The van der Waals surface area contributed by atoms with E-state index in [1.54, 1.807) is 0 Å². The van der Waals surface area contributed by atoms with E-state index in [0.29, 0.717) is 12.8 Å². The molecule has 3 aromatic carbocycles. The number of hydrogen-bond acceptors (Lipinski definition) is 2. The fourth-order valence-corrected chi connectivity index (χ4v) is 2.79. The van der Waals surface area contributed by atoms with Crippen LogP contribution in [0, 0.1) is 0 Å².